The molecule has 0 aromatic heterocycles. The summed E-state index contributed by atoms with van der Waals surface area (Å²) < 4.78 is 13.9. The number of carbonyl (C=O) groups is 1. The van der Waals surface area contributed by atoms with Crippen molar-refractivity contribution < 1.29 is 13.6 Å². The Morgan fingerprint density at radius 2 is 1.40 bits per heavy atom. The van der Waals surface area contributed by atoms with Crippen molar-refractivity contribution in [3.05, 3.63) is 11.1 Å². The molecule has 0 unspecified atom stereocenters. The van der Waals surface area contributed by atoms with Crippen molar-refractivity contribution in [2.75, 3.05) is 0 Å². The van der Waals surface area contributed by atoms with Gasteiger partial charge in [-0.3, -0.25) is 0 Å². The molecule has 0 aliphatic heterocycles. The van der Waals surface area contributed by atoms with E-state index in [1.807, 2.05) is 0 Å². The number of carbonyl (C=O) groups excluding carboxylic acids is 1. The van der Waals surface area contributed by atoms with Crippen molar-refractivity contribution >= 4 is 38.9 Å². The Hall–Kier alpha value is 0.244. The zero-order valence-electron chi connectivity index (χ0n) is 18.0. The highest BCUT2D eigenvalue weighted by molar-refractivity contribution is 9.11. The average molecular weight is 452 g/mol. The molecular formula is C19H39BrO3Si2. The van der Waals surface area contributed by atoms with Crippen molar-refractivity contribution in [2.45, 2.75) is 103 Å². The summed E-state index contributed by atoms with van der Waals surface area (Å²) in [5, 5.41) is 0.226. The normalized spacial score (nSPS) is 16.4. The summed E-state index contributed by atoms with van der Waals surface area (Å²) in [6.07, 6.45) is 1.72. The van der Waals surface area contributed by atoms with Crippen LogP contribution in [0.2, 0.25) is 36.3 Å². The summed E-state index contributed by atoms with van der Waals surface area (Å²) in [6, 6.07) is 0. The molecule has 2 atom stereocenters. The van der Waals surface area contributed by atoms with Crippen LogP contribution in [0.3, 0.4) is 0 Å². The molecule has 0 fully saturated rings. The van der Waals surface area contributed by atoms with Crippen LogP contribution in [0.25, 0.3) is 0 Å². The summed E-state index contributed by atoms with van der Waals surface area (Å²) in [4.78, 5) is 11.2. The van der Waals surface area contributed by atoms with Crippen LogP contribution in [0.4, 0.5) is 0 Å². The third kappa shape index (κ3) is 7.79. The van der Waals surface area contributed by atoms with Gasteiger partial charge in [0.2, 0.25) is 0 Å². The van der Waals surface area contributed by atoms with Gasteiger partial charge in [0.05, 0.1) is 12.2 Å². The van der Waals surface area contributed by atoms with E-state index in [1.165, 1.54) is 0 Å². The van der Waals surface area contributed by atoms with E-state index in [-0.39, 0.29) is 22.3 Å². The highest BCUT2D eigenvalue weighted by Crippen LogP contribution is 2.41. The van der Waals surface area contributed by atoms with E-state index < -0.39 is 16.6 Å². The first kappa shape index (κ1) is 25.2. The Balaban J connectivity index is 5.36. The van der Waals surface area contributed by atoms with Gasteiger partial charge in [0.25, 0.3) is 0 Å². The SMILES string of the molecule is C=C(Br)[C@H](C[C@H](CC=O)O[Si](C)(C)C(C)(C)C)O[Si](C)(C)C(C)(C)C. The first-order valence-electron chi connectivity index (χ1n) is 9.08. The third-order valence-electron chi connectivity index (χ3n) is 5.70. The third-order valence-corrected chi connectivity index (χ3v) is 15.2. The van der Waals surface area contributed by atoms with Crippen LogP contribution >= 0.6 is 15.9 Å². The minimum atomic E-state index is -1.95. The number of hydrogen-bond acceptors (Lipinski definition) is 3. The van der Waals surface area contributed by atoms with E-state index in [1.54, 1.807) is 0 Å². The Labute approximate surface area is 166 Å². The topological polar surface area (TPSA) is 35.5 Å². The lowest BCUT2D eigenvalue weighted by atomic mass is 10.1. The van der Waals surface area contributed by atoms with Crippen molar-refractivity contribution in [3.63, 3.8) is 0 Å². The molecule has 0 spiro atoms. The summed E-state index contributed by atoms with van der Waals surface area (Å²) in [5.41, 5.74) is 0. The first-order chi connectivity index (χ1) is 10.9. The maximum absolute atomic E-state index is 11.2. The van der Waals surface area contributed by atoms with Gasteiger partial charge < -0.3 is 13.6 Å². The van der Waals surface area contributed by atoms with Crippen molar-refractivity contribution in [1.29, 1.82) is 0 Å². The van der Waals surface area contributed by atoms with Crippen LogP contribution < -0.4 is 0 Å². The molecule has 0 rings (SSSR count). The lowest BCUT2D eigenvalue weighted by Gasteiger charge is -2.42. The zero-order valence-corrected chi connectivity index (χ0v) is 21.5. The second-order valence-corrected chi connectivity index (χ2v) is 20.5. The fraction of sp³-hybridized carbons (Fsp3) is 0.842. The molecule has 25 heavy (non-hydrogen) atoms. The van der Waals surface area contributed by atoms with Gasteiger partial charge in [0.1, 0.15) is 6.29 Å². The van der Waals surface area contributed by atoms with Gasteiger partial charge in [-0.1, -0.05) is 64.1 Å². The number of halogens is 1. The molecule has 0 heterocycles. The Kier molecular flexibility index (Phi) is 9.04. The van der Waals surface area contributed by atoms with Crippen LogP contribution in [-0.2, 0) is 13.6 Å². The average Bonchev–Trinajstić information content (AvgIpc) is 2.34. The molecule has 3 nitrogen and oxygen atoms in total. The number of rotatable bonds is 9. The van der Waals surface area contributed by atoms with Gasteiger partial charge in [-0.25, -0.2) is 0 Å². The fourth-order valence-corrected chi connectivity index (χ4v) is 5.04. The Morgan fingerprint density at radius 1 is 1.00 bits per heavy atom. The largest absolute Gasteiger partial charge is 0.413 e. The maximum Gasteiger partial charge on any atom is 0.192 e. The molecule has 0 saturated carbocycles. The fourth-order valence-electron chi connectivity index (χ4n) is 1.90. The monoisotopic (exact) mass is 450 g/mol. The molecular weight excluding hydrogens is 412 g/mol. The quantitative estimate of drug-likeness (QED) is 0.291. The molecule has 6 heteroatoms. The van der Waals surface area contributed by atoms with Gasteiger partial charge in [0, 0.05) is 17.3 Å². The summed E-state index contributed by atoms with van der Waals surface area (Å²) in [5.74, 6) is 0. The molecule has 0 bridgehead atoms. The first-order valence-corrected chi connectivity index (χ1v) is 15.7. The summed E-state index contributed by atoms with van der Waals surface area (Å²) in [7, 11) is -3.89. The van der Waals surface area contributed by atoms with Gasteiger partial charge in [-0.2, -0.15) is 0 Å². The number of aldehydes is 1. The molecule has 0 N–H and O–H groups in total. The summed E-state index contributed by atoms with van der Waals surface area (Å²) in [6.45, 7) is 26.3. The Bertz CT molecular complexity index is 462. The predicted molar refractivity (Wildman–Crippen MR) is 118 cm³/mol. The van der Waals surface area contributed by atoms with Gasteiger partial charge >= 0.3 is 0 Å². The lowest BCUT2D eigenvalue weighted by molar-refractivity contribution is -0.109. The van der Waals surface area contributed by atoms with Gasteiger partial charge in [-0.05, 0) is 36.3 Å². The standard InChI is InChI=1S/C19H39BrO3Si2/c1-15(20)17(23-25(10,11)19(5,6)7)14-16(12-13-21)22-24(8,9)18(2,3)4/h13,16-17H,1,12,14H2,2-11H3/t16-,17-/m0/s1. The molecule has 0 amide bonds. The summed E-state index contributed by atoms with van der Waals surface area (Å²) >= 11 is 3.53. The van der Waals surface area contributed by atoms with Crippen LogP contribution in [0, 0.1) is 0 Å². The Morgan fingerprint density at radius 3 is 1.72 bits per heavy atom. The minimum Gasteiger partial charge on any atom is -0.413 e. The second-order valence-electron chi connectivity index (χ2n) is 9.95. The molecule has 0 aliphatic carbocycles. The van der Waals surface area contributed by atoms with E-state index in [9.17, 15) is 4.79 Å². The molecule has 0 radical (unpaired) electrons. The zero-order chi connectivity index (χ0) is 20.3. The lowest BCUT2D eigenvalue weighted by Crippen LogP contribution is -2.47. The predicted octanol–water partition coefficient (Wildman–Crippen LogP) is 6.65. The molecule has 148 valence electrons. The second kappa shape index (κ2) is 8.96. The van der Waals surface area contributed by atoms with Crippen molar-refractivity contribution in [1.82, 2.24) is 0 Å². The smallest absolute Gasteiger partial charge is 0.192 e. The maximum atomic E-state index is 11.2. The van der Waals surface area contributed by atoms with Crippen LogP contribution in [-0.4, -0.2) is 35.1 Å². The van der Waals surface area contributed by atoms with E-state index in [0.717, 1.165) is 10.8 Å². The molecule has 0 saturated heterocycles. The van der Waals surface area contributed by atoms with Crippen LogP contribution in [0.15, 0.2) is 11.1 Å². The van der Waals surface area contributed by atoms with Crippen LogP contribution in [0.1, 0.15) is 54.4 Å². The van der Waals surface area contributed by atoms with Crippen molar-refractivity contribution in [3.8, 4) is 0 Å². The minimum absolute atomic E-state index is 0.106. The van der Waals surface area contributed by atoms with E-state index >= 15 is 0 Å². The molecule has 0 aromatic carbocycles. The van der Waals surface area contributed by atoms with E-state index in [4.69, 9.17) is 8.85 Å². The van der Waals surface area contributed by atoms with Gasteiger partial charge in [0.15, 0.2) is 16.6 Å². The molecule has 0 aromatic rings. The highest BCUT2D eigenvalue weighted by atomic mass is 79.9. The highest BCUT2D eigenvalue weighted by Gasteiger charge is 2.42. The van der Waals surface area contributed by atoms with Gasteiger partial charge in [-0.15, -0.1) is 0 Å². The van der Waals surface area contributed by atoms with E-state index in [2.05, 4.69) is 90.2 Å². The van der Waals surface area contributed by atoms with Crippen LogP contribution in [0.5, 0.6) is 0 Å². The number of hydrogen-bond donors (Lipinski definition) is 0. The molecule has 0 aliphatic rings. The van der Waals surface area contributed by atoms with E-state index in [0.29, 0.717) is 12.8 Å². The van der Waals surface area contributed by atoms with Crippen molar-refractivity contribution in [2.24, 2.45) is 0 Å².